The van der Waals surface area contributed by atoms with Gasteiger partial charge in [0.05, 0.1) is 6.54 Å². The second-order valence-corrected chi connectivity index (χ2v) is 6.41. The van der Waals surface area contributed by atoms with Crippen molar-refractivity contribution in [3.05, 3.63) is 35.4 Å². The third-order valence-electron chi connectivity index (χ3n) is 4.78. The van der Waals surface area contributed by atoms with Gasteiger partial charge in [0.2, 0.25) is 5.91 Å². The molecule has 3 nitrogen and oxygen atoms in total. The van der Waals surface area contributed by atoms with Crippen LogP contribution in [0.2, 0.25) is 0 Å². The predicted molar refractivity (Wildman–Crippen MR) is 80.2 cm³/mol. The van der Waals surface area contributed by atoms with Crippen molar-refractivity contribution in [3.8, 4) is 0 Å². The van der Waals surface area contributed by atoms with Gasteiger partial charge in [0, 0.05) is 6.04 Å². The zero-order valence-electron chi connectivity index (χ0n) is 12.4. The van der Waals surface area contributed by atoms with Gasteiger partial charge in [-0.1, -0.05) is 36.8 Å². The smallest absolute Gasteiger partial charge is 0.238 e. The van der Waals surface area contributed by atoms with E-state index in [9.17, 15) is 4.79 Å². The molecular weight excluding hydrogens is 248 g/mol. The van der Waals surface area contributed by atoms with E-state index in [-0.39, 0.29) is 12.1 Å². The molecule has 1 N–H and O–H groups in total. The highest BCUT2D eigenvalue weighted by molar-refractivity contribution is 5.81. The van der Waals surface area contributed by atoms with Crippen LogP contribution in [-0.4, -0.2) is 23.4 Å². The summed E-state index contributed by atoms with van der Waals surface area (Å²) in [5, 5.41) is 3.38. The monoisotopic (exact) mass is 272 g/mol. The average molecular weight is 272 g/mol. The lowest BCUT2D eigenvalue weighted by atomic mass is 9.86. The molecule has 1 saturated carbocycles. The van der Waals surface area contributed by atoms with E-state index in [1.54, 1.807) is 0 Å². The summed E-state index contributed by atoms with van der Waals surface area (Å²) in [6, 6.07) is 8.95. The Labute approximate surface area is 121 Å². The van der Waals surface area contributed by atoms with Crippen LogP contribution in [0.15, 0.2) is 24.3 Å². The first-order chi connectivity index (χ1) is 9.65. The maximum absolute atomic E-state index is 12.3. The zero-order chi connectivity index (χ0) is 14.1. The van der Waals surface area contributed by atoms with Crippen molar-refractivity contribution in [1.82, 2.24) is 10.2 Å². The molecule has 1 unspecified atom stereocenters. The molecule has 1 saturated heterocycles. The van der Waals surface area contributed by atoms with E-state index in [1.165, 1.54) is 24.0 Å². The van der Waals surface area contributed by atoms with E-state index in [4.69, 9.17) is 0 Å². The number of rotatable bonds is 2. The largest absolute Gasteiger partial charge is 0.319 e. The summed E-state index contributed by atoms with van der Waals surface area (Å²) in [7, 11) is 0. The zero-order valence-corrected chi connectivity index (χ0v) is 12.4. The summed E-state index contributed by atoms with van der Waals surface area (Å²) in [4.78, 5) is 14.4. The maximum atomic E-state index is 12.3. The summed E-state index contributed by atoms with van der Waals surface area (Å²) in [6.45, 7) is 4.89. The minimum Gasteiger partial charge on any atom is -0.319 e. The summed E-state index contributed by atoms with van der Waals surface area (Å²) in [6.07, 6.45) is 4.86. The van der Waals surface area contributed by atoms with Gasteiger partial charge in [-0.15, -0.1) is 0 Å². The Morgan fingerprint density at radius 2 is 1.75 bits per heavy atom. The van der Waals surface area contributed by atoms with E-state index in [1.807, 2.05) is 0 Å². The Morgan fingerprint density at radius 1 is 1.10 bits per heavy atom. The van der Waals surface area contributed by atoms with Crippen LogP contribution in [0.5, 0.6) is 0 Å². The van der Waals surface area contributed by atoms with Crippen molar-refractivity contribution in [1.29, 1.82) is 0 Å². The Hall–Kier alpha value is -1.35. The molecule has 108 valence electrons. The van der Waals surface area contributed by atoms with Crippen molar-refractivity contribution < 1.29 is 4.79 Å². The van der Waals surface area contributed by atoms with E-state index in [0.29, 0.717) is 12.6 Å². The first-order valence-electron chi connectivity index (χ1n) is 7.76. The quantitative estimate of drug-likeness (QED) is 0.897. The lowest BCUT2D eigenvalue weighted by Crippen LogP contribution is -2.41. The van der Waals surface area contributed by atoms with Crippen molar-refractivity contribution >= 4 is 5.91 Å². The average Bonchev–Trinajstić information content (AvgIpc) is 2.83. The Bertz CT molecular complexity index is 474. The van der Waals surface area contributed by atoms with Gasteiger partial charge in [-0.25, -0.2) is 0 Å². The molecule has 3 rings (SSSR count). The number of nitrogens with zero attached hydrogens (tertiary/aromatic N) is 1. The van der Waals surface area contributed by atoms with Crippen LogP contribution in [0.1, 0.15) is 49.9 Å². The SMILES string of the molecule is Cc1ccc(C2NCC(=O)N2C2CCC(C)CC2)cc1. The number of amides is 1. The van der Waals surface area contributed by atoms with Crippen LogP contribution in [0.4, 0.5) is 0 Å². The Kier molecular flexibility index (Phi) is 3.79. The van der Waals surface area contributed by atoms with Gasteiger partial charge >= 0.3 is 0 Å². The fraction of sp³-hybridized carbons (Fsp3) is 0.588. The van der Waals surface area contributed by atoms with E-state index >= 15 is 0 Å². The minimum atomic E-state index is 0.0708. The number of carbonyl (C=O) groups is 1. The van der Waals surface area contributed by atoms with Crippen LogP contribution in [0, 0.1) is 12.8 Å². The molecule has 1 heterocycles. The number of nitrogens with one attached hydrogen (secondary N) is 1. The molecule has 2 aliphatic rings. The summed E-state index contributed by atoms with van der Waals surface area (Å²) in [5.74, 6) is 1.07. The van der Waals surface area contributed by atoms with Crippen molar-refractivity contribution in [2.75, 3.05) is 6.54 Å². The first kappa shape index (κ1) is 13.6. The number of aryl methyl sites for hydroxylation is 1. The highest BCUT2D eigenvalue weighted by atomic mass is 16.2. The molecule has 1 aliphatic carbocycles. The lowest BCUT2D eigenvalue weighted by Gasteiger charge is -2.37. The van der Waals surface area contributed by atoms with E-state index < -0.39 is 0 Å². The van der Waals surface area contributed by atoms with Crippen LogP contribution >= 0.6 is 0 Å². The second-order valence-electron chi connectivity index (χ2n) is 6.41. The molecular formula is C17H24N2O. The maximum Gasteiger partial charge on any atom is 0.238 e. The summed E-state index contributed by atoms with van der Waals surface area (Å²) >= 11 is 0. The normalized spacial score (nSPS) is 30.8. The van der Waals surface area contributed by atoms with E-state index in [2.05, 4.69) is 48.3 Å². The molecule has 0 aromatic heterocycles. The lowest BCUT2D eigenvalue weighted by molar-refractivity contribution is -0.131. The minimum absolute atomic E-state index is 0.0708. The van der Waals surface area contributed by atoms with Gasteiger partial charge < -0.3 is 4.90 Å². The topological polar surface area (TPSA) is 32.3 Å². The molecule has 1 aromatic carbocycles. The number of hydrogen-bond acceptors (Lipinski definition) is 2. The number of benzene rings is 1. The molecule has 1 atom stereocenters. The third-order valence-corrected chi connectivity index (χ3v) is 4.78. The van der Waals surface area contributed by atoms with Gasteiger partial charge in [-0.2, -0.15) is 0 Å². The Morgan fingerprint density at radius 3 is 2.40 bits per heavy atom. The van der Waals surface area contributed by atoms with Gasteiger partial charge in [0.1, 0.15) is 6.17 Å². The molecule has 1 aliphatic heterocycles. The molecule has 1 aromatic rings. The molecule has 20 heavy (non-hydrogen) atoms. The van der Waals surface area contributed by atoms with Crippen LogP contribution in [0.3, 0.4) is 0 Å². The van der Waals surface area contributed by atoms with Crippen LogP contribution < -0.4 is 5.32 Å². The number of carbonyl (C=O) groups excluding carboxylic acids is 1. The highest BCUT2D eigenvalue weighted by Gasteiger charge is 2.37. The molecule has 3 heteroatoms. The summed E-state index contributed by atoms with van der Waals surface area (Å²) < 4.78 is 0. The van der Waals surface area contributed by atoms with Crippen molar-refractivity contribution in [2.45, 2.75) is 51.7 Å². The van der Waals surface area contributed by atoms with E-state index in [0.717, 1.165) is 18.8 Å². The summed E-state index contributed by atoms with van der Waals surface area (Å²) in [5.41, 5.74) is 2.47. The first-order valence-corrected chi connectivity index (χ1v) is 7.76. The second kappa shape index (κ2) is 5.57. The molecule has 0 spiro atoms. The molecule has 2 fully saturated rings. The van der Waals surface area contributed by atoms with Crippen LogP contribution in [0.25, 0.3) is 0 Å². The number of hydrogen-bond donors (Lipinski definition) is 1. The van der Waals surface area contributed by atoms with Gasteiger partial charge in [0.25, 0.3) is 0 Å². The molecule has 0 radical (unpaired) electrons. The molecule has 0 bridgehead atoms. The van der Waals surface area contributed by atoms with Crippen molar-refractivity contribution in [2.24, 2.45) is 5.92 Å². The fourth-order valence-electron chi connectivity index (χ4n) is 3.48. The predicted octanol–water partition coefficient (Wildman–Crippen LogP) is 3.00. The third kappa shape index (κ3) is 2.59. The van der Waals surface area contributed by atoms with Crippen molar-refractivity contribution in [3.63, 3.8) is 0 Å². The van der Waals surface area contributed by atoms with Crippen LogP contribution in [-0.2, 0) is 4.79 Å². The van der Waals surface area contributed by atoms with Gasteiger partial charge in [-0.3, -0.25) is 10.1 Å². The Balaban J connectivity index is 1.79. The highest BCUT2D eigenvalue weighted by Crippen LogP contribution is 2.33. The van der Waals surface area contributed by atoms with Gasteiger partial charge in [0.15, 0.2) is 0 Å². The fourth-order valence-corrected chi connectivity index (χ4v) is 3.48. The van der Waals surface area contributed by atoms with Gasteiger partial charge in [-0.05, 0) is 44.1 Å². The molecule has 1 amide bonds. The standard InChI is InChI=1S/C17H24N2O/c1-12-3-7-14(8-4-12)17-18-11-16(20)19(17)15-9-5-13(2)6-10-15/h3-4,7-8,13,15,17-18H,5-6,9-11H2,1-2H3.